The van der Waals surface area contributed by atoms with Crippen LogP contribution in [0.15, 0.2) is 48.8 Å². The maximum absolute atomic E-state index is 12.0. The summed E-state index contributed by atoms with van der Waals surface area (Å²) < 4.78 is 9.79. The highest BCUT2D eigenvalue weighted by atomic mass is 32.1. The first-order chi connectivity index (χ1) is 16.6. The molecule has 2 aromatic heterocycles. The lowest BCUT2D eigenvalue weighted by Crippen LogP contribution is -2.49. The summed E-state index contributed by atoms with van der Waals surface area (Å²) in [4.78, 5) is 20.7. The van der Waals surface area contributed by atoms with Gasteiger partial charge in [-0.25, -0.2) is 4.68 Å². The monoisotopic (exact) mass is 481 g/mol. The molecule has 1 aliphatic heterocycles. The second kappa shape index (κ2) is 11.4. The van der Waals surface area contributed by atoms with Crippen LogP contribution in [0.4, 0.5) is 0 Å². The van der Waals surface area contributed by atoms with Gasteiger partial charge in [-0.3, -0.25) is 24.1 Å². The second-order valence-corrected chi connectivity index (χ2v) is 8.63. The maximum Gasteiger partial charge on any atom is 0.234 e. The Bertz CT molecular complexity index is 1140. The largest absolute Gasteiger partial charge is 0.497 e. The van der Waals surface area contributed by atoms with Crippen molar-refractivity contribution in [2.45, 2.75) is 20.0 Å². The number of rotatable bonds is 9. The molecular formula is C24H31N7O2S. The Hall–Kier alpha value is -3.08. The Balaban J connectivity index is 1.51. The van der Waals surface area contributed by atoms with E-state index in [9.17, 15) is 4.79 Å². The molecule has 3 heterocycles. The molecule has 4 rings (SSSR count). The van der Waals surface area contributed by atoms with E-state index in [1.165, 1.54) is 0 Å². The van der Waals surface area contributed by atoms with Crippen LogP contribution in [-0.2, 0) is 11.5 Å². The fourth-order valence-electron chi connectivity index (χ4n) is 3.95. The van der Waals surface area contributed by atoms with Gasteiger partial charge in [-0.05, 0) is 55.0 Å². The lowest BCUT2D eigenvalue weighted by molar-refractivity contribution is -0.122. The molecule has 3 aromatic rings. The third kappa shape index (κ3) is 5.69. The number of piperazine rings is 1. The van der Waals surface area contributed by atoms with Crippen LogP contribution in [0.1, 0.15) is 13.3 Å². The lowest BCUT2D eigenvalue weighted by atomic mass is 10.2. The molecule has 1 N–H and O–H groups in total. The van der Waals surface area contributed by atoms with E-state index in [1.54, 1.807) is 19.5 Å². The highest BCUT2D eigenvalue weighted by molar-refractivity contribution is 7.71. The Morgan fingerprint density at radius 2 is 1.74 bits per heavy atom. The summed E-state index contributed by atoms with van der Waals surface area (Å²) >= 11 is 5.87. The van der Waals surface area contributed by atoms with Gasteiger partial charge in [0.2, 0.25) is 10.7 Å². The molecule has 10 heteroatoms. The second-order valence-electron chi connectivity index (χ2n) is 8.26. The molecule has 1 saturated heterocycles. The number of hydrogen-bond donors (Lipinski definition) is 1. The maximum atomic E-state index is 12.0. The van der Waals surface area contributed by atoms with Crippen molar-refractivity contribution in [2.75, 3.05) is 46.4 Å². The van der Waals surface area contributed by atoms with Crippen LogP contribution in [0.3, 0.4) is 0 Å². The molecule has 0 bridgehead atoms. The summed E-state index contributed by atoms with van der Waals surface area (Å²) in [5.74, 6) is 1.65. The van der Waals surface area contributed by atoms with Gasteiger partial charge in [0.15, 0.2) is 5.82 Å². The van der Waals surface area contributed by atoms with Gasteiger partial charge in [0.1, 0.15) is 5.75 Å². The van der Waals surface area contributed by atoms with E-state index in [-0.39, 0.29) is 5.91 Å². The van der Waals surface area contributed by atoms with Crippen molar-refractivity contribution >= 4 is 18.1 Å². The fourth-order valence-corrected chi connectivity index (χ4v) is 4.24. The number of pyridine rings is 1. The minimum absolute atomic E-state index is 0.0951. The van der Waals surface area contributed by atoms with Crippen molar-refractivity contribution in [1.82, 2.24) is 34.4 Å². The zero-order valence-corrected chi connectivity index (χ0v) is 20.5. The fraction of sp³-hybridized carbons (Fsp3) is 0.417. The van der Waals surface area contributed by atoms with Crippen molar-refractivity contribution in [3.8, 4) is 22.8 Å². The molecule has 9 nitrogen and oxygen atoms in total. The molecular weight excluding hydrogens is 450 g/mol. The van der Waals surface area contributed by atoms with Gasteiger partial charge in [-0.15, -0.1) is 5.10 Å². The van der Waals surface area contributed by atoms with E-state index in [2.05, 4.69) is 27.0 Å². The molecule has 0 saturated carbocycles. The number of nitrogens with one attached hydrogen (secondary N) is 1. The number of ether oxygens (including phenoxy) is 1. The molecule has 0 radical (unpaired) electrons. The summed E-state index contributed by atoms with van der Waals surface area (Å²) in [6, 6.07) is 11.7. The SMILES string of the molecule is CCCNC(=O)CN1CCN(Cn2nc(-c3ccncc3)n(-c3ccc(OC)cc3)c2=S)CC1. The van der Waals surface area contributed by atoms with Crippen molar-refractivity contribution in [2.24, 2.45) is 0 Å². The van der Waals surface area contributed by atoms with E-state index in [1.807, 2.05) is 45.6 Å². The van der Waals surface area contributed by atoms with Crippen LogP contribution in [0, 0.1) is 4.77 Å². The van der Waals surface area contributed by atoms with Gasteiger partial charge < -0.3 is 10.1 Å². The number of benzene rings is 1. The summed E-state index contributed by atoms with van der Waals surface area (Å²) in [7, 11) is 1.65. The number of carbonyl (C=O) groups excluding carboxylic acids is 1. The first kappa shape index (κ1) is 24.1. The predicted octanol–water partition coefficient (Wildman–Crippen LogP) is 2.58. The molecule has 0 spiro atoms. The summed E-state index contributed by atoms with van der Waals surface area (Å²) in [5.41, 5.74) is 1.87. The summed E-state index contributed by atoms with van der Waals surface area (Å²) in [6.07, 6.45) is 4.46. The van der Waals surface area contributed by atoms with Crippen LogP contribution in [-0.4, -0.2) is 81.4 Å². The van der Waals surface area contributed by atoms with Crippen molar-refractivity contribution in [3.05, 3.63) is 53.6 Å². The van der Waals surface area contributed by atoms with Crippen molar-refractivity contribution in [3.63, 3.8) is 0 Å². The van der Waals surface area contributed by atoms with Crippen LogP contribution in [0.2, 0.25) is 0 Å². The first-order valence-electron chi connectivity index (χ1n) is 11.5. The number of aromatic nitrogens is 4. The Kier molecular flexibility index (Phi) is 8.04. The first-order valence-corrected chi connectivity index (χ1v) is 12.0. The molecule has 0 atom stereocenters. The van der Waals surface area contributed by atoms with Crippen LogP contribution in [0.5, 0.6) is 5.75 Å². The van der Waals surface area contributed by atoms with Gasteiger partial charge in [0.25, 0.3) is 0 Å². The molecule has 1 aromatic carbocycles. The molecule has 1 fully saturated rings. The molecule has 1 amide bonds. The van der Waals surface area contributed by atoms with Gasteiger partial charge >= 0.3 is 0 Å². The van der Waals surface area contributed by atoms with E-state index >= 15 is 0 Å². The topological polar surface area (TPSA) is 80.5 Å². The van der Waals surface area contributed by atoms with Crippen LogP contribution >= 0.6 is 12.2 Å². The van der Waals surface area contributed by atoms with E-state index in [0.29, 0.717) is 18.0 Å². The number of methoxy groups -OCH3 is 1. The van der Waals surface area contributed by atoms with Gasteiger partial charge in [-0.1, -0.05) is 6.92 Å². The van der Waals surface area contributed by atoms with E-state index < -0.39 is 0 Å². The smallest absolute Gasteiger partial charge is 0.234 e. The quantitative estimate of drug-likeness (QED) is 0.471. The molecule has 34 heavy (non-hydrogen) atoms. The predicted molar refractivity (Wildman–Crippen MR) is 133 cm³/mol. The highest BCUT2D eigenvalue weighted by Crippen LogP contribution is 2.24. The Morgan fingerprint density at radius 1 is 1.06 bits per heavy atom. The average Bonchev–Trinajstić information content (AvgIpc) is 3.20. The Morgan fingerprint density at radius 3 is 2.38 bits per heavy atom. The summed E-state index contributed by atoms with van der Waals surface area (Å²) in [6.45, 7) is 7.20. The normalized spacial score (nSPS) is 14.8. The standard InChI is InChI=1S/C24H31N7O2S/c1-3-10-26-22(32)17-28-13-15-29(16-14-28)18-30-24(34)31(20-4-6-21(33-2)7-5-20)23(27-30)19-8-11-25-12-9-19/h4-9,11-12H,3,10,13-18H2,1-2H3,(H,26,32). The van der Waals surface area contributed by atoms with Crippen LogP contribution < -0.4 is 10.1 Å². The highest BCUT2D eigenvalue weighted by Gasteiger charge is 2.21. The zero-order chi connectivity index (χ0) is 23.9. The van der Waals surface area contributed by atoms with Gasteiger partial charge in [-0.2, -0.15) is 0 Å². The van der Waals surface area contributed by atoms with Crippen molar-refractivity contribution < 1.29 is 9.53 Å². The zero-order valence-electron chi connectivity index (χ0n) is 19.7. The number of hydrogen-bond acceptors (Lipinski definition) is 7. The van der Waals surface area contributed by atoms with E-state index in [0.717, 1.165) is 62.0 Å². The lowest BCUT2D eigenvalue weighted by Gasteiger charge is -2.33. The molecule has 180 valence electrons. The minimum atomic E-state index is 0.0951. The van der Waals surface area contributed by atoms with Gasteiger partial charge in [0.05, 0.1) is 26.0 Å². The third-order valence-electron chi connectivity index (χ3n) is 5.85. The van der Waals surface area contributed by atoms with Crippen LogP contribution in [0.25, 0.3) is 17.1 Å². The number of nitrogens with zero attached hydrogens (tertiary/aromatic N) is 6. The average molecular weight is 482 g/mol. The number of carbonyl (C=O) groups is 1. The Labute approximate surface area is 205 Å². The van der Waals surface area contributed by atoms with E-state index in [4.69, 9.17) is 22.1 Å². The molecule has 0 aliphatic carbocycles. The van der Waals surface area contributed by atoms with Gasteiger partial charge in [0, 0.05) is 50.7 Å². The molecule has 0 unspecified atom stereocenters. The third-order valence-corrected chi connectivity index (χ3v) is 6.24. The minimum Gasteiger partial charge on any atom is -0.497 e. The number of amides is 1. The molecule has 1 aliphatic rings. The summed E-state index contributed by atoms with van der Waals surface area (Å²) in [5, 5.41) is 7.84. The van der Waals surface area contributed by atoms with Crippen molar-refractivity contribution in [1.29, 1.82) is 0 Å².